The lowest BCUT2D eigenvalue weighted by Crippen LogP contribution is -2.26. The van der Waals surface area contributed by atoms with Crippen molar-refractivity contribution in [1.82, 2.24) is 20.3 Å². The molecule has 0 bridgehead atoms. The van der Waals surface area contributed by atoms with Crippen LogP contribution in [-0.2, 0) is 6.42 Å². The topological polar surface area (TPSA) is 59.8 Å². The first-order valence-corrected chi connectivity index (χ1v) is 7.60. The Balaban J connectivity index is 1.56. The minimum atomic E-state index is -0.235. The summed E-state index contributed by atoms with van der Waals surface area (Å²) in [5, 5.41) is 11.9. The third-order valence-electron chi connectivity index (χ3n) is 3.32. The molecule has 0 aliphatic carbocycles. The second-order valence-corrected chi connectivity index (χ2v) is 5.42. The summed E-state index contributed by atoms with van der Waals surface area (Å²) in [6, 6.07) is 17.0. The van der Waals surface area contributed by atoms with Crippen LogP contribution in [0, 0.1) is 0 Å². The van der Waals surface area contributed by atoms with Gasteiger partial charge in [-0.05, 0) is 36.2 Å². The summed E-state index contributed by atoms with van der Waals surface area (Å²) in [5.41, 5.74) is 2.22. The molecule has 0 radical (unpaired) electrons. The largest absolute Gasteiger partial charge is 0.350 e. The minimum absolute atomic E-state index is 0.235. The van der Waals surface area contributed by atoms with Crippen LogP contribution >= 0.6 is 11.6 Å². The van der Waals surface area contributed by atoms with Gasteiger partial charge in [-0.1, -0.05) is 41.9 Å². The number of benzene rings is 2. The molecular formula is C17H15ClN4O. The van der Waals surface area contributed by atoms with E-state index < -0.39 is 0 Å². The molecule has 116 valence electrons. The van der Waals surface area contributed by atoms with E-state index in [0.29, 0.717) is 17.3 Å². The van der Waals surface area contributed by atoms with Crippen LogP contribution in [0.15, 0.2) is 60.8 Å². The SMILES string of the molecule is O=C(NCCc1ccc(Cl)cc1)c1cnn(-c2ccccc2)n1. The Morgan fingerprint density at radius 2 is 1.83 bits per heavy atom. The Morgan fingerprint density at radius 3 is 2.57 bits per heavy atom. The minimum Gasteiger partial charge on any atom is -0.350 e. The third-order valence-corrected chi connectivity index (χ3v) is 3.58. The van der Waals surface area contributed by atoms with Gasteiger partial charge in [0.25, 0.3) is 5.91 Å². The first-order valence-electron chi connectivity index (χ1n) is 7.23. The molecule has 1 N–H and O–H groups in total. The number of halogens is 1. The number of hydrogen-bond acceptors (Lipinski definition) is 3. The standard InChI is InChI=1S/C17H15ClN4O/c18-14-8-6-13(7-9-14)10-11-19-17(23)16-12-20-22(21-16)15-4-2-1-3-5-15/h1-9,12H,10-11H2,(H,19,23). The Morgan fingerprint density at radius 1 is 1.09 bits per heavy atom. The van der Waals surface area contributed by atoms with Crippen LogP contribution in [-0.4, -0.2) is 27.4 Å². The van der Waals surface area contributed by atoms with E-state index in [1.165, 1.54) is 11.0 Å². The average molecular weight is 327 g/mol. The number of carbonyl (C=O) groups excluding carboxylic acids is 1. The number of nitrogens with zero attached hydrogens (tertiary/aromatic N) is 3. The molecule has 2 aromatic carbocycles. The third kappa shape index (κ3) is 3.96. The van der Waals surface area contributed by atoms with Gasteiger partial charge >= 0.3 is 0 Å². The van der Waals surface area contributed by atoms with Crippen LogP contribution in [0.1, 0.15) is 16.1 Å². The van der Waals surface area contributed by atoms with Gasteiger partial charge in [-0.25, -0.2) is 0 Å². The van der Waals surface area contributed by atoms with Crippen LogP contribution < -0.4 is 5.32 Å². The van der Waals surface area contributed by atoms with Gasteiger partial charge in [0.2, 0.25) is 0 Å². The fraction of sp³-hybridized carbons (Fsp3) is 0.118. The van der Waals surface area contributed by atoms with Crippen LogP contribution in [0.5, 0.6) is 0 Å². The maximum atomic E-state index is 12.1. The second-order valence-electron chi connectivity index (χ2n) is 4.99. The number of hydrogen-bond donors (Lipinski definition) is 1. The first kappa shape index (κ1) is 15.2. The molecule has 0 spiro atoms. The normalized spacial score (nSPS) is 10.5. The number of carbonyl (C=O) groups is 1. The molecule has 0 unspecified atom stereocenters. The Hall–Kier alpha value is -2.66. The lowest BCUT2D eigenvalue weighted by atomic mass is 10.1. The van der Waals surface area contributed by atoms with Crippen LogP contribution in [0.2, 0.25) is 5.02 Å². The molecule has 6 heteroatoms. The van der Waals surface area contributed by atoms with E-state index in [2.05, 4.69) is 15.5 Å². The lowest BCUT2D eigenvalue weighted by Gasteiger charge is -2.03. The highest BCUT2D eigenvalue weighted by molar-refractivity contribution is 6.30. The van der Waals surface area contributed by atoms with Crippen LogP contribution in [0.4, 0.5) is 0 Å². The summed E-state index contributed by atoms with van der Waals surface area (Å²) in [6.07, 6.45) is 2.19. The van der Waals surface area contributed by atoms with E-state index in [1.54, 1.807) is 0 Å². The molecule has 0 saturated carbocycles. The number of para-hydroxylation sites is 1. The molecule has 5 nitrogen and oxygen atoms in total. The maximum absolute atomic E-state index is 12.1. The molecular weight excluding hydrogens is 312 g/mol. The molecule has 3 aromatic rings. The van der Waals surface area contributed by atoms with Gasteiger partial charge in [0.1, 0.15) is 0 Å². The number of nitrogens with one attached hydrogen (secondary N) is 1. The van der Waals surface area contributed by atoms with Crippen molar-refractivity contribution in [1.29, 1.82) is 0 Å². The molecule has 0 atom stereocenters. The quantitative estimate of drug-likeness (QED) is 0.784. The summed E-state index contributed by atoms with van der Waals surface area (Å²) >= 11 is 5.84. The van der Waals surface area contributed by atoms with Gasteiger partial charge in [-0.3, -0.25) is 4.79 Å². The monoisotopic (exact) mass is 326 g/mol. The zero-order chi connectivity index (χ0) is 16.1. The van der Waals surface area contributed by atoms with Crippen molar-refractivity contribution in [3.8, 4) is 5.69 Å². The fourth-order valence-corrected chi connectivity index (χ4v) is 2.24. The summed E-state index contributed by atoms with van der Waals surface area (Å²) in [6.45, 7) is 0.526. The first-order chi connectivity index (χ1) is 11.2. The summed E-state index contributed by atoms with van der Waals surface area (Å²) in [7, 11) is 0. The molecule has 0 saturated heterocycles. The van der Waals surface area contributed by atoms with Gasteiger partial charge in [0.05, 0.1) is 11.9 Å². The lowest BCUT2D eigenvalue weighted by molar-refractivity contribution is 0.0948. The zero-order valence-electron chi connectivity index (χ0n) is 12.3. The molecule has 0 aliphatic rings. The van der Waals surface area contributed by atoms with Crippen LogP contribution in [0.3, 0.4) is 0 Å². The van der Waals surface area contributed by atoms with Crippen molar-refractivity contribution in [2.45, 2.75) is 6.42 Å². The van der Waals surface area contributed by atoms with E-state index in [1.807, 2.05) is 54.6 Å². The van der Waals surface area contributed by atoms with Gasteiger partial charge in [0, 0.05) is 11.6 Å². The molecule has 1 aromatic heterocycles. The summed E-state index contributed by atoms with van der Waals surface area (Å²) in [5.74, 6) is -0.235. The fourth-order valence-electron chi connectivity index (χ4n) is 2.11. The van der Waals surface area contributed by atoms with Crippen molar-refractivity contribution in [2.75, 3.05) is 6.54 Å². The van der Waals surface area contributed by atoms with Crippen molar-refractivity contribution in [2.24, 2.45) is 0 Å². The molecule has 1 amide bonds. The molecule has 3 rings (SSSR count). The predicted octanol–water partition coefficient (Wildman–Crippen LogP) is 2.89. The van der Waals surface area contributed by atoms with Crippen LogP contribution in [0.25, 0.3) is 5.69 Å². The molecule has 0 aliphatic heterocycles. The average Bonchev–Trinajstić information content (AvgIpc) is 3.07. The highest BCUT2D eigenvalue weighted by Crippen LogP contribution is 2.09. The van der Waals surface area contributed by atoms with Gasteiger partial charge < -0.3 is 5.32 Å². The summed E-state index contributed by atoms with van der Waals surface area (Å²) in [4.78, 5) is 13.5. The van der Waals surface area contributed by atoms with Gasteiger partial charge in [-0.2, -0.15) is 9.90 Å². The predicted molar refractivity (Wildman–Crippen MR) is 88.8 cm³/mol. The van der Waals surface area contributed by atoms with Gasteiger partial charge in [-0.15, -0.1) is 5.10 Å². The molecule has 0 fully saturated rings. The number of aromatic nitrogens is 3. The van der Waals surface area contributed by atoms with E-state index in [4.69, 9.17) is 11.6 Å². The van der Waals surface area contributed by atoms with Crippen molar-refractivity contribution in [3.63, 3.8) is 0 Å². The van der Waals surface area contributed by atoms with E-state index in [9.17, 15) is 4.79 Å². The van der Waals surface area contributed by atoms with E-state index in [-0.39, 0.29) is 5.91 Å². The molecule has 1 heterocycles. The zero-order valence-corrected chi connectivity index (χ0v) is 13.1. The van der Waals surface area contributed by atoms with E-state index in [0.717, 1.165) is 17.7 Å². The Labute approximate surface area is 138 Å². The Kier molecular flexibility index (Phi) is 4.68. The maximum Gasteiger partial charge on any atom is 0.273 e. The number of rotatable bonds is 5. The Bertz CT molecular complexity index is 784. The van der Waals surface area contributed by atoms with E-state index >= 15 is 0 Å². The smallest absolute Gasteiger partial charge is 0.273 e. The van der Waals surface area contributed by atoms with Crippen molar-refractivity contribution in [3.05, 3.63) is 77.1 Å². The van der Waals surface area contributed by atoms with Crippen molar-refractivity contribution < 1.29 is 4.79 Å². The van der Waals surface area contributed by atoms with Gasteiger partial charge in [0.15, 0.2) is 5.69 Å². The van der Waals surface area contributed by atoms with Crippen molar-refractivity contribution >= 4 is 17.5 Å². The number of amides is 1. The highest BCUT2D eigenvalue weighted by Gasteiger charge is 2.10. The summed E-state index contributed by atoms with van der Waals surface area (Å²) < 4.78 is 0. The second kappa shape index (κ2) is 7.07. The molecule has 23 heavy (non-hydrogen) atoms. The highest BCUT2D eigenvalue weighted by atomic mass is 35.5.